The van der Waals surface area contributed by atoms with Crippen LogP contribution in [-0.4, -0.2) is 59.0 Å². The SMILES string of the molecule is Cc1nnc(Cn2nnc3c(N4CC[C@](C)(O)C4)nc(C(C)(C)C)nc32)o1. The third-order valence-electron chi connectivity index (χ3n) is 4.62. The van der Waals surface area contributed by atoms with E-state index in [0.29, 0.717) is 54.1 Å². The molecule has 0 amide bonds. The van der Waals surface area contributed by atoms with E-state index in [1.165, 1.54) is 0 Å². The molecule has 4 rings (SSSR count). The maximum atomic E-state index is 10.4. The van der Waals surface area contributed by atoms with Gasteiger partial charge in [0.2, 0.25) is 11.8 Å². The summed E-state index contributed by atoms with van der Waals surface area (Å²) in [5.41, 5.74) is 0.238. The van der Waals surface area contributed by atoms with Crippen molar-refractivity contribution in [1.82, 2.24) is 35.2 Å². The molecule has 27 heavy (non-hydrogen) atoms. The van der Waals surface area contributed by atoms with Crippen molar-refractivity contribution in [1.29, 1.82) is 0 Å². The Balaban J connectivity index is 1.82. The lowest BCUT2D eigenvalue weighted by molar-refractivity contribution is 0.0839. The van der Waals surface area contributed by atoms with Crippen LogP contribution in [0.5, 0.6) is 0 Å². The summed E-state index contributed by atoms with van der Waals surface area (Å²) in [5, 5.41) is 26.8. The number of aromatic nitrogens is 7. The van der Waals surface area contributed by atoms with Crippen molar-refractivity contribution in [2.24, 2.45) is 0 Å². The van der Waals surface area contributed by atoms with Crippen LogP contribution in [0.3, 0.4) is 0 Å². The molecule has 144 valence electrons. The van der Waals surface area contributed by atoms with Crippen LogP contribution in [0.15, 0.2) is 4.42 Å². The first-order valence-electron chi connectivity index (χ1n) is 9.00. The highest BCUT2D eigenvalue weighted by Crippen LogP contribution is 2.31. The molecule has 0 bridgehead atoms. The molecule has 1 fully saturated rings. The van der Waals surface area contributed by atoms with Crippen LogP contribution in [-0.2, 0) is 12.0 Å². The van der Waals surface area contributed by atoms with Gasteiger partial charge in [0, 0.05) is 25.4 Å². The van der Waals surface area contributed by atoms with Crippen LogP contribution in [0.4, 0.5) is 5.82 Å². The van der Waals surface area contributed by atoms with Gasteiger partial charge < -0.3 is 14.4 Å². The quantitative estimate of drug-likeness (QED) is 0.723. The molecule has 0 aromatic carbocycles. The van der Waals surface area contributed by atoms with E-state index in [0.717, 1.165) is 0 Å². The van der Waals surface area contributed by atoms with Crippen LogP contribution in [0.25, 0.3) is 11.2 Å². The summed E-state index contributed by atoms with van der Waals surface area (Å²) >= 11 is 0. The van der Waals surface area contributed by atoms with E-state index in [-0.39, 0.29) is 12.0 Å². The summed E-state index contributed by atoms with van der Waals surface area (Å²) in [5.74, 6) is 2.35. The van der Waals surface area contributed by atoms with Crippen LogP contribution in [0.1, 0.15) is 51.7 Å². The lowest BCUT2D eigenvalue weighted by Crippen LogP contribution is -2.31. The van der Waals surface area contributed by atoms with Gasteiger partial charge in [0.15, 0.2) is 17.0 Å². The molecule has 1 saturated heterocycles. The summed E-state index contributed by atoms with van der Waals surface area (Å²) < 4.78 is 7.11. The highest BCUT2D eigenvalue weighted by Gasteiger charge is 2.35. The highest BCUT2D eigenvalue weighted by molar-refractivity contribution is 5.83. The normalized spacial score (nSPS) is 20.7. The zero-order valence-corrected chi connectivity index (χ0v) is 16.3. The fraction of sp³-hybridized carbons (Fsp3) is 0.647. The summed E-state index contributed by atoms with van der Waals surface area (Å²) in [6.07, 6.45) is 0.679. The number of aryl methyl sites for hydroxylation is 1. The average molecular weight is 372 g/mol. The molecule has 1 aliphatic rings. The largest absolute Gasteiger partial charge is 0.424 e. The fourth-order valence-electron chi connectivity index (χ4n) is 3.16. The summed E-state index contributed by atoms with van der Waals surface area (Å²) in [6.45, 7) is 11.3. The van der Waals surface area contributed by atoms with Gasteiger partial charge in [-0.3, -0.25) is 0 Å². The minimum Gasteiger partial charge on any atom is -0.424 e. The maximum absolute atomic E-state index is 10.4. The molecule has 1 aliphatic heterocycles. The molecular formula is C17H24N8O2. The van der Waals surface area contributed by atoms with Crippen molar-refractivity contribution in [3.05, 3.63) is 17.6 Å². The number of β-amino-alcohol motifs (C(OH)–C–C–N with tert-alkyl or cyclic N) is 1. The molecule has 0 spiro atoms. The average Bonchev–Trinajstić information content (AvgIpc) is 3.26. The van der Waals surface area contributed by atoms with Crippen molar-refractivity contribution in [2.45, 2.75) is 58.6 Å². The number of rotatable bonds is 3. The van der Waals surface area contributed by atoms with Crippen LogP contribution in [0, 0.1) is 6.92 Å². The van der Waals surface area contributed by atoms with E-state index in [2.05, 4.69) is 46.2 Å². The smallest absolute Gasteiger partial charge is 0.238 e. The predicted octanol–water partition coefficient (Wildman–Crippen LogP) is 1.22. The fourth-order valence-corrected chi connectivity index (χ4v) is 3.16. The molecule has 10 nitrogen and oxygen atoms in total. The molecule has 0 saturated carbocycles. The van der Waals surface area contributed by atoms with E-state index in [4.69, 9.17) is 14.4 Å². The van der Waals surface area contributed by atoms with Gasteiger partial charge in [-0.05, 0) is 13.3 Å². The van der Waals surface area contributed by atoms with Crippen molar-refractivity contribution >= 4 is 17.0 Å². The standard InChI is InChI=1S/C17H24N8O2/c1-10-20-21-11(27-10)8-25-14-12(22-23-25)13(18-15(19-14)16(2,3)4)24-7-6-17(5,26)9-24/h26H,6-9H2,1-5H3/t17-/m0/s1. The minimum atomic E-state index is -0.740. The number of aliphatic hydroxyl groups is 1. The first-order chi connectivity index (χ1) is 12.6. The Morgan fingerprint density at radius 3 is 2.56 bits per heavy atom. The Labute approximate surface area is 156 Å². The lowest BCUT2D eigenvalue weighted by Gasteiger charge is -2.23. The molecule has 10 heteroatoms. The molecule has 0 aliphatic carbocycles. The van der Waals surface area contributed by atoms with Crippen molar-refractivity contribution < 1.29 is 9.52 Å². The Kier molecular flexibility index (Phi) is 3.91. The Morgan fingerprint density at radius 2 is 1.96 bits per heavy atom. The van der Waals surface area contributed by atoms with Crippen molar-refractivity contribution in [3.8, 4) is 0 Å². The van der Waals surface area contributed by atoms with E-state index in [1.54, 1.807) is 11.6 Å². The molecule has 1 N–H and O–H groups in total. The maximum Gasteiger partial charge on any atom is 0.238 e. The summed E-state index contributed by atoms with van der Waals surface area (Å²) in [7, 11) is 0. The molecule has 3 aromatic rings. The van der Waals surface area contributed by atoms with Gasteiger partial charge in [-0.2, -0.15) is 0 Å². The first kappa shape index (κ1) is 17.8. The number of nitrogens with zero attached hydrogens (tertiary/aromatic N) is 8. The molecule has 0 unspecified atom stereocenters. The Bertz CT molecular complexity index is 985. The van der Waals surface area contributed by atoms with E-state index < -0.39 is 5.60 Å². The highest BCUT2D eigenvalue weighted by atomic mass is 16.4. The number of hydrogen-bond donors (Lipinski definition) is 1. The third kappa shape index (κ3) is 3.36. The second-order valence-electron chi connectivity index (χ2n) is 8.42. The monoisotopic (exact) mass is 372 g/mol. The molecule has 4 heterocycles. The van der Waals surface area contributed by atoms with Gasteiger partial charge in [0.1, 0.15) is 12.4 Å². The van der Waals surface area contributed by atoms with Crippen LogP contribution in [0.2, 0.25) is 0 Å². The molecule has 3 aromatic heterocycles. The second-order valence-corrected chi connectivity index (χ2v) is 8.42. The topological polar surface area (TPSA) is 119 Å². The molecule has 1 atom stereocenters. The summed E-state index contributed by atoms with van der Waals surface area (Å²) in [4.78, 5) is 11.6. The Hall–Kier alpha value is -2.62. The van der Waals surface area contributed by atoms with Gasteiger partial charge in [0.25, 0.3) is 0 Å². The zero-order chi connectivity index (χ0) is 19.4. The lowest BCUT2D eigenvalue weighted by atomic mass is 9.96. The van der Waals surface area contributed by atoms with Gasteiger partial charge >= 0.3 is 0 Å². The van der Waals surface area contributed by atoms with Gasteiger partial charge in [0.05, 0.1) is 5.60 Å². The van der Waals surface area contributed by atoms with Crippen molar-refractivity contribution in [3.63, 3.8) is 0 Å². The van der Waals surface area contributed by atoms with Gasteiger partial charge in [-0.25, -0.2) is 14.6 Å². The number of anilines is 1. The van der Waals surface area contributed by atoms with Crippen LogP contribution < -0.4 is 4.90 Å². The summed E-state index contributed by atoms with van der Waals surface area (Å²) in [6, 6.07) is 0. The number of hydrogen-bond acceptors (Lipinski definition) is 9. The van der Waals surface area contributed by atoms with Crippen LogP contribution >= 0.6 is 0 Å². The Morgan fingerprint density at radius 1 is 1.19 bits per heavy atom. The second kappa shape index (κ2) is 5.95. The molecular weight excluding hydrogens is 348 g/mol. The van der Waals surface area contributed by atoms with E-state index in [9.17, 15) is 5.11 Å². The first-order valence-corrected chi connectivity index (χ1v) is 9.00. The van der Waals surface area contributed by atoms with Crippen molar-refractivity contribution in [2.75, 3.05) is 18.0 Å². The minimum absolute atomic E-state index is 0.249. The van der Waals surface area contributed by atoms with E-state index >= 15 is 0 Å². The van der Waals surface area contributed by atoms with E-state index in [1.807, 2.05) is 6.92 Å². The third-order valence-corrected chi connectivity index (χ3v) is 4.62. The van der Waals surface area contributed by atoms with Gasteiger partial charge in [-0.15, -0.1) is 15.3 Å². The van der Waals surface area contributed by atoms with Gasteiger partial charge in [-0.1, -0.05) is 26.0 Å². The number of fused-ring (bicyclic) bond motifs is 1. The zero-order valence-electron chi connectivity index (χ0n) is 16.3. The predicted molar refractivity (Wildman–Crippen MR) is 97.4 cm³/mol. The molecule has 0 radical (unpaired) electrons.